The van der Waals surface area contributed by atoms with E-state index in [1.165, 1.54) is 0 Å². The first-order valence-electron chi connectivity index (χ1n) is 10.3. The molecule has 0 radical (unpaired) electrons. The average molecular weight is 433 g/mol. The van der Waals surface area contributed by atoms with Crippen LogP contribution in [0.15, 0.2) is 35.2 Å². The van der Waals surface area contributed by atoms with Crippen LogP contribution in [0.5, 0.6) is 5.75 Å². The molecular weight excluding hydrogens is 400 g/mol. The third kappa shape index (κ3) is 4.86. The van der Waals surface area contributed by atoms with E-state index >= 15 is 0 Å². The molecule has 1 heterocycles. The van der Waals surface area contributed by atoms with Crippen molar-refractivity contribution >= 4 is 10.0 Å². The van der Waals surface area contributed by atoms with E-state index in [0.29, 0.717) is 24.7 Å². The molecule has 1 atom stereocenters. The lowest BCUT2D eigenvalue weighted by atomic mass is 10.0. The summed E-state index contributed by atoms with van der Waals surface area (Å²) in [5.41, 5.74) is 4.63. The molecule has 1 aliphatic heterocycles. The highest BCUT2D eigenvalue weighted by Gasteiger charge is 2.27. The Morgan fingerprint density at radius 1 is 1.03 bits per heavy atom. The van der Waals surface area contributed by atoms with Crippen molar-refractivity contribution in [2.75, 3.05) is 40.0 Å². The molecule has 6 nitrogen and oxygen atoms in total. The zero-order valence-corrected chi connectivity index (χ0v) is 19.3. The van der Waals surface area contributed by atoms with Crippen LogP contribution in [0.4, 0.5) is 0 Å². The Balaban J connectivity index is 1.89. The predicted octanol–water partition coefficient (Wildman–Crippen LogP) is 3.28. The number of rotatable bonds is 7. The van der Waals surface area contributed by atoms with E-state index in [-0.39, 0.29) is 6.04 Å². The van der Waals surface area contributed by atoms with Gasteiger partial charge in [0, 0.05) is 25.7 Å². The average Bonchev–Trinajstić information content (AvgIpc) is 2.73. The molecule has 164 valence electrons. The summed E-state index contributed by atoms with van der Waals surface area (Å²) < 4.78 is 40.3. The largest absolute Gasteiger partial charge is 0.497 e. The van der Waals surface area contributed by atoms with Crippen molar-refractivity contribution in [3.05, 3.63) is 58.1 Å². The lowest BCUT2D eigenvalue weighted by molar-refractivity contribution is 0.0172. The van der Waals surface area contributed by atoms with Crippen molar-refractivity contribution in [2.45, 2.75) is 38.6 Å². The summed E-state index contributed by atoms with van der Waals surface area (Å²) in [7, 11) is -2.02. The normalized spacial score (nSPS) is 16.4. The van der Waals surface area contributed by atoms with Crippen LogP contribution in [0.2, 0.25) is 0 Å². The fourth-order valence-corrected chi connectivity index (χ4v) is 5.67. The molecule has 0 bridgehead atoms. The zero-order valence-electron chi connectivity index (χ0n) is 18.5. The lowest BCUT2D eigenvalue weighted by Gasteiger charge is -2.35. The number of benzene rings is 2. The third-order valence-electron chi connectivity index (χ3n) is 6.02. The highest BCUT2D eigenvalue weighted by molar-refractivity contribution is 7.89. The molecule has 0 amide bonds. The monoisotopic (exact) mass is 432 g/mol. The number of hydrogen-bond donors (Lipinski definition) is 1. The second-order valence-electron chi connectivity index (χ2n) is 7.88. The van der Waals surface area contributed by atoms with E-state index in [2.05, 4.69) is 9.62 Å². The van der Waals surface area contributed by atoms with Crippen molar-refractivity contribution in [1.82, 2.24) is 9.62 Å². The molecule has 30 heavy (non-hydrogen) atoms. The summed E-state index contributed by atoms with van der Waals surface area (Å²) in [6.07, 6.45) is 0. The van der Waals surface area contributed by atoms with Crippen LogP contribution < -0.4 is 9.46 Å². The highest BCUT2D eigenvalue weighted by Crippen LogP contribution is 2.28. The second-order valence-corrected chi connectivity index (χ2v) is 9.58. The molecular formula is C23H32N2O4S. The summed E-state index contributed by atoms with van der Waals surface area (Å²) >= 11 is 0. The van der Waals surface area contributed by atoms with Gasteiger partial charge in [-0.15, -0.1) is 0 Å². The van der Waals surface area contributed by atoms with E-state index in [4.69, 9.17) is 9.47 Å². The van der Waals surface area contributed by atoms with Crippen molar-refractivity contribution in [1.29, 1.82) is 0 Å². The quantitative estimate of drug-likeness (QED) is 0.727. The molecule has 0 aromatic heterocycles. The molecule has 7 heteroatoms. The first-order valence-corrected chi connectivity index (χ1v) is 11.8. The van der Waals surface area contributed by atoms with E-state index < -0.39 is 10.0 Å². The van der Waals surface area contributed by atoms with Gasteiger partial charge in [0.15, 0.2) is 0 Å². The number of nitrogens with zero attached hydrogens (tertiary/aromatic N) is 1. The van der Waals surface area contributed by atoms with Crippen LogP contribution in [0, 0.1) is 27.7 Å². The van der Waals surface area contributed by atoms with Gasteiger partial charge < -0.3 is 9.47 Å². The number of hydrogen-bond acceptors (Lipinski definition) is 5. The van der Waals surface area contributed by atoms with Crippen LogP contribution in [0.1, 0.15) is 33.9 Å². The molecule has 0 saturated carbocycles. The molecule has 1 N–H and O–H groups in total. The smallest absolute Gasteiger partial charge is 0.241 e. The van der Waals surface area contributed by atoms with Crippen LogP contribution in [0.3, 0.4) is 0 Å². The number of sulfonamides is 1. The minimum atomic E-state index is -3.65. The first-order chi connectivity index (χ1) is 14.2. The maximum atomic E-state index is 13.3. The van der Waals surface area contributed by atoms with Crippen molar-refractivity contribution < 1.29 is 17.9 Å². The van der Waals surface area contributed by atoms with Gasteiger partial charge in [-0.3, -0.25) is 4.90 Å². The lowest BCUT2D eigenvalue weighted by Crippen LogP contribution is -2.44. The van der Waals surface area contributed by atoms with Gasteiger partial charge in [0.2, 0.25) is 10.0 Å². The number of morpholine rings is 1. The van der Waals surface area contributed by atoms with Gasteiger partial charge in [0.1, 0.15) is 5.75 Å². The molecule has 1 fully saturated rings. The van der Waals surface area contributed by atoms with E-state index in [0.717, 1.165) is 46.7 Å². The minimum absolute atomic E-state index is 0.0823. The van der Waals surface area contributed by atoms with Gasteiger partial charge in [0.05, 0.1) is 25.2 Å². The Morgan fingerprint density at radius 2 is 1.60 bits per heavy atom. The maximum Gasteiger partial charge on any atom is 0.241 e. The summed E-state index contributed by atoms with van der Waals surface area (Å²) in [4.78, 5) is 2.67. The van der Waals surface area contributed by atoms with E-state index in [1.54, 1.807) is 7.11 Å². The fourth-order valence-electron chi connectivity index (χ4n) is 4.02. The van der Waals surface area contributed by atoms with Gasteiger partial charge in [-0.2, -0.15) is 0 Å². The van der Waals surface area contributed by atoms with Crippen molar-refractivity contribution in [3.63, 3.8) is 0 Å². The van der Waals surface area contributed by atoms with Gasteiger partial charge in [0.25, 0.3) is 0 Å². The molecule has 1 saturated heterocycles. The molecule has 3 rings (SSSR count). The Kier molecular flexibility index (Phi) is 7.18. The summed E-state index contributed by atoms with van der Waals surface area (Å²) in [6.45, 7) is 10.8. The van der Waals surface area contributed by atoms with Gasteiger partial charge >= 0.3 is 0 Å². The van der Waals surface area contributed by atoms with Crippen molar-refractivity contribution in [2.24, 2.45) is 0 Å². The van der Waals surface area contributed by atoms with Crippen molar-refractivity contribution in [3.8, 4) is 5.75 Å². The number of ether oxygens (including phenoxy) is 2. The fraction of sp³-hybridized carbons (Fsp3) is 0.478. The SMILES string of the molecule is COc1ccc(C(CNS(=O)(=O)c2c(C)c(C)cc(C)c2C)N2CCOCC2)cc1. The highest BCUT2D eigenvalue weighted by atomic mass is 32.2. The standard InChI is InChI=1S/C23H32N2O4S/c1-16-14-17(2)19(4)23(18(16)3)30(26,27)24-15-22(25-10-12-29-13-11-25)20-6-8-21(28-5)9-7-20/h6-9,14,22,24H,10-13,15H2,1-5H3. The maximum absolute atomic E-state index is 13.3. The van der Waals surface area contributed by atoms with Gasteiger partial charge in [-0.05, 0) is 67.6 Å². The van der Waals surface area contributed by atoms with Crippen LogP contribution in [-0.4, -0.2) is 53.3 Å². The van der Waals surface area contributed by atoms with E-state index in [1.807, 2.05) is 58.0 Å². The van der Waals surface area contributed by atoms with Crippen LogP contribution in [-0.2, 0) is 14.8 Å². The summed E-state index contributed by atoms with van der Waals surface area (Å²) in [6, 6.07) is 9.78. The molecule has 1 unspecified atom stereocenters. The third-order valence-corrected chi connectivity index (χ3v) is 7.72. The molecule has 0 spiro atoms. The predicted molar refractivity (Wildman–Crippen MR) is 119 cm³/mol. The number of nitrogens with one attached hydrogen (secondary N) is 1. The molecule has 2 aromatic rings. The minimum Gasteiger partial charge on any atom is -0.497 e. The first kappa shape index (κ1) is 22.7. The molecule has 2 aromatic carbocycles. The molecule has 1 aliphatic rings. The Bertz CT molecular complexity index is 955. The molecule has 0 aliphatic carbocycles. The number of aryl methyl sites for hydroxylation is 2. The zero-order chi connectivity index (χ0) is 21.9. The van der Waals surface area contributed by atoms with E-state index in [9.17, 15) is 8.42 Å². The Labute approximate surface area is 180 Å². The van der Waals surface area contributed by atoms with Crippen LogP contribution >= 0.6 is 0 Å². The topological polar surface area (TPSA) is 67.9 Å². The number of methoxy groups -OCH3 is 1. The van der Waals surface area contributed by atoms with Gasteiger partial charge in [-0.1, -0.05) is 18.2 Å². The Morgan fingerprint density at radius 3 is 2.13 bits per heavy atom. The van der Waals surface area contributed by atoms with Crippen LogP contribution in [0.25, 0.3) is 0 Å². The van der Waals surface area contributed by atoms with Gasteiger partial charge in [-0.25, -0.2) is 13.1 Å². The summed E-state index contributed by atoms with van der Waals surface area (Å²) in [5, 5.41) is 0. The second kappa shape index (κ2) is 9.47. The summed E-state index contributed by atoms with van der Waals surface area (Å²) in [5.74, 6) is 0.779. The Hall–Kier alpha value is -1.93.